The molecule has 0 bridgehead atoms. The van der Waals surface area contributed by atoms with Crippen LogP contribution in [-0.4, -0.2) is 24.4 Å². The van der Waals surface area contributed by atoms with Crippen LogP contribution in [0.15, 0.2) is 69.9 Å². The van der Waals surface area contributed by atoms with Crippen LogP contribution in [0.5, 0.6) is 23.0 Å². The van der Waals surface area contributed by atoms with E-state index in [1.807, 2.05) is 0 Å². The highest BCUT2D eigenvalue weighted by Gasteiger charge is 2.22. The van der Waals surface area contributed by atoms with Gasteiger partial charge in [0.2, 0.25) is 11.5 Å². The molecule has 0 heterocycles. The molecule has 0 aromatic heterocycles. The van der Waals surface area contributed by atoms with Crippen LogP contribution >= 0.6 is 0 Å². The maximum absolute atomic E-state index is 10.7. The van der Waals surface area contributed by atoms with E-state index in [9.17, 15) is 10.2 Å². The van der Waals surface area contributed by atoms with Crippen LogP contribution < -0.4 is 9.47 Å². The first-order valence-electron chi connectivity index (χ1n) is 18.4. The summed E-state index contributed by atoms with van der Waals surface area (Å²) in [7, 11) is 2.91. The first-order valence-corrected chi connectivity index (χ1v) is 18.4. The number of rotatable bonds is 23. The molecule has 1 atom stereocenters. The Bertz CT molecular complexity index is 1300. The minimum atomic E-state index is 0.00807. The Balaban J connectivity index is 2.37. The maximum Gasteiger partial charge on any atom is 0.207 e. The molecule has 0 spiro atoms. The number of benzene rings is 1. The van der Waals surface area contributed by atoms with Crippen LogP contribution in [0.4, 0.5) is 0 Å². The first-order chi connectivity index (χ1) is 22.8. The Morgan fingerprint density at radius 3 is 1.42 bits per heavy atom. The van der Waals surface area contributed by atoms with Crippen LogP contribution in [0.3, 0.4) is 0 Å². The zero-order chi connectivity index (χ0) is 36.1. The summed E-state index contributed by atoms with van der Waals surface area (Å²) in [6, 6.07) is 0. The van der Waals surface area contributed by atoms with Crippen molar-refractivity contribution in [3.8, 4) is 23.0 Å². The number of hydrogen-bond acceptors (Lipinski definition) is 4. The van der Waals surface area contributed by atoms with Gasteiger partial charge in [-0.15, -0.1) is 0 Å². The molecule has 0 fully saturated rings. The molecule has 4 heteroatoms. The summed E-state index contributed by atoms with van der Waals surface area (Å²) in [5, 5.41) is 21.2. The summed E-state index contributed by atoms with van der Waals surface area (Å²) in [5.74, 6) is 1.19. The van der Waals surface area contributed by atoms with Gasteiger partial charge in [-0.3, -0.25) is 0 Å². The zero-order valence-electron chi connectivity index (χ0n) is 32.7. The van der Waals surface area contributed by atoms with Crippen molar-refractivity contribution in [1.82, 2.24) is 0 Å². The number of ether oxygens (including phenoxy) is 2. The molecule has 2 N–H and O–H groups in total. The summed E-state index contributed by atoms with van der Waals surface area (Å²) in [5.41, 5.74) is 9.93. The van der Waals surface area contributed by atoms with Gasteiger partial charge in [0.1, 0.15) is 0 Å². The highest BCUT2D eigenvalue weighted by molar-refractivity contribution is 5.66. The van der Waals surface area contributed by atoms with Gasteiger partial charge in [-0.1, -0.05) is 83.2 Å². The van der Waals surface area contributed by atoms with Crippen molar-refractivity contribution < 1.29 is 19.7 Å². The standard InChI is InChI=1S/C44H70O4/c1-32(2)18-12-19-33(3)20-13-21-34(4)22-14-23-35(5)24-15-25-36(6)26-16-27-37(7)28-17-29-38(8)30-31-40-39(9)41(45)43(47-10)44(48-11)42(40)46/h18,22,24,26,28,30,33,45-46H,12-17,19-21,23,25,27,29,31H2,1-11H3/b34-22+,35-24+,36-26+,37-28+,38-30+. The molecule has 4 nitrogen and oxygen atoms in total. The second-order valence-electron chi connectivity index (χ2n) is 14.3. The van der Waals surface area contributed by atoms with E-state index in [1.54, 1.807) is 12.5 Å². The second kappa shape index (κ2) is 24.1. The number of phenols is 2. The maximum atomic E-state index is 10.7. The predicted molar refractivity (Wildman–Crippen MR) is 209 cm³/mol. The third-order valence-electron chi connectivity index (χ3n) is 9.40. The lowest BCUT2D eigenvalue weighted by atomic mass is 9.96. The normalized spacial score (nSPS) is 13.9. The van der Waals surface area contributed by atoms with Crippen molar-refractivity contribution in [3.05, 3.63) is 81.0 Å². The molecule has 1 rings (SSSR count). The van der Waals surface area contributed by atoms with E-state index in [4.69, 9.17) is 9.47 Å². The third kappa shape index (κ3) is 17.3. The van der Waals surface area contributed by atoms with Crippen molar-refractivity contribution in [1.29, 1.82) is 0 Å². The average Bonchev–Trinajstić information content (AvgIpc) is 3.02. The fraction of sp³-hybridized carbons (Fsp3) is 0.591. The highest BCUT2D eigenvalue weighted by Crippen LogP contribution is 2.48. The Hall–Kier alpha value is -3.14. The summed E-state index contributed by atoms with van der Waals surface area (Å²) in [6.45, 7) is 19.8. The van der Waals surface area contributed by atoms with Crippen LogP contribution in [0.2, 0.25) is 0 Å². The van der Waals surface area contributed by atoms with E-state index >= 15 is 0 Å². The molecular formula is C44H70O4. The molecular weight excluding hydrogens is 592 g/mol. The van der Waals surface area contributed by atoms with E-state index in [0.29, 0.717) is 17.5 Å². The third-order valence-corrected chi connectivity index (χ3v) is 9.40. The minimum Gasteiger partial charge on any atom is -0.504 e. The lowest BCUT2D eigenvalue weighted by molar-refractivity contribution is 0.314. The molecule has 1 aromatic rings. The summed E-state index contributed by atoms with van der Waals surface area (Å²) in [6.07, 6.45) is 29.8. The number of methoxy groups -OCH3 is 2. The summed E-state index contributed by atoms with van der Waals surface area (Å²) < 4.78 is 10.5. The van der Waals surface area contributed by atoms with Gasteiger partial charge in [0.15, 0.2) is 11.5 Å². The Morgan fingerprint density at radius 1 is 0.562 bits per heavy atom. The molecule has 270 valence electrons. The van der Waals surface area contributed by atoms with Gasteiger partial charge in [0.05, 0.1) is 14.2 Å². The van der Waals surface area contributed by atoms with E-state index in [1.165, 1.54) is 80.6 Å². The molecule has 0 radical (unpaired) electrons. The van der Waals surface area contributed by atoms with Gasteiger partial charge < -0.3 is 19.7 Å². The van der Waals surface area contributed by atoms with Gasteiger partial charge in [-0.2, -0.15) is 0 Å². The van der Waals surface area contributed by atoms with Crippen LogP contribution in [0.1, 0.15) is 150 Å². The summed E-state index contributed by atoms with van der Waals surface area (Å²) >= 11 is 0. The van der Waals surface area contributed by atoms with Crippen molar-refractivity contribution in [2.75, 3.05) is 14.2 Å². The Kier molecular flexibility index (Phi) is 21.5. The summed E-state index contributed by atoms with van der Waals surface area (Å²) in [4.78, 5) is 0. The second-order valence-corrected chi connectivity index (χ2v) is 14.3. The molecule has 1 unspecified atom stereocenters. The van der Waals surface area contributed by atoms with Crippen molar-refractivity contribution >= 4 is 0 Å². The van der Waals surface area contributed by atoms with Gasteiger partial charge >= 0.3 is 0 Å². The lowest BCUT2D eigenvalue weighted by Gasteiger charge is -2.17. The number of phenolic OH excluding ortho intramolecular Hbond substituents is 2. The quantitative estimate of drug-likeness (QED) is 0.0904. The number of aromatic hydroxyl groups is 2. The van der Waals surface area contributed by atoms with E-state index < -0.39 is 0 Å². The highest BCUT2D eigenvalue weighted by atomic mass is 16.5. The van der Waals surface area contributed by atoms with Crippen molar-refractivity contribution in [2.24, 2.45) is 5.92 Å². The fourth-order valence-electron chi connectivity index (χ4n) is 5.97. The SMILES string of the molecule is COc1c(O)c(C)c(C/C=C(\C)CC/C=C(\C)CC/C=C(\C)CC/C=C(\C)CC/C=C(\C)CCCC(C)CCC=C(C)C)c(O)c1OC. The van der Waals surface area contributed by atoms with Gasteiger partial charge in [0, 0.05) is 11.1 Å². The zero-order valence-corrected chi connectivity index (χ0v) is 32.7. The molecule has 48 heavy (non-hydrogen) atoms. The molecule has 0 saturated carbocycles. The largest absolute Gasteiger partial charge is 0.504 e. The smallest absolute Gasteiger partial charge is 0.207 e. The predicted octanol–water partition coefficient (Wildman–Crippen LogP) is 13.4. The average molecular weight is 663 g/mol. The molecule has 1 aromatic carbocycles. The Morgan fingerprint density at radius 2 is 0.979 bits per heavy atom. The first kappa shape index (κ1) is 42.9. The fourth-order valence-corrected chi connectivity index (χ4v) is 5.97. The molecule has 0 aliphatic carbocycles. The van der Waals surface area contributed by atoms with Crippen LogP contribution in [0, 0.1) is 12.8 Å². The van der Waals surface area contributed by atoms with Gasteiger partial charge in [-0.05, 0) is 145 Å². The topological polar surface area (TPSA) is 58.9 Å². The van der Waals surface area contributed by atoms with Gasteiger partial charge in [-0.25, -0.2) is 0 Å². The van der Waals surface area contributed by atoms with E-state index in [2.05, 4.69) is 91.8 Å². The van der Waals surface area contributed by atoms with Crippen molar-refractivity contribution in [2.45, 2.75) is 152 Å². The van der Waals surface area contributed by atoms with Crippen LogP contribution in [0.25, 0.3) is 0 Å². The van der Waals surface area contributed by atoms with Crippen LogP contribution in [-0.2, 0) is 6.42 Å². The molecule has 0 saturated heterocycles. The molecule has 0 aliphatic heterocycles. The number of hydrogen-bond donors (Lipinski definition) is 2. The van der Waals surface area contributed by atoms with E-state index in [-0.39, 0.29) is 23.0 Å². The monoisotopic (exact) mass is 663 g/mol. The molecule has 0 amide bonds. The lowest BCUT2D eigenvalue weighted by Crippen LogP contribution is -1.98. The minimum absolute atomic E-state index is 0.00807. The van der Waals surface area contributed by atoms with E-state index in [0.717, 1.165) is 50.9 Å². The number of allylic oxidation sites excluding steroid dienone is 12. The Labute approximate surface area is 295 Å². The van der Waals surface area contributed by atoms with Crippen molar-refractivity contribution in [3.63, 3.8) is 0 Å². The molecule has 0 aliphatic rings. The van der Waals surface area contributed by atoms with Gasteiger partial charge in [0.25, 0.3) is 0 Å².